The molecule has 0 aliphatic carbocycles. The van der Waals surface area contributed by atoms with Crippen molar-refractivity contribution in [2.45, 2.75) is 26.0 Å². The Hall–Kier alpha value is -1.03. The third kappa shape index (κ3) is 2.86. The Morgan fingerprint density at radius 2 is 2.06 bits per heavy atom. The van der Waals surface area contributed by atoms with E-state index < -0.39 is 6.10 Å². The van der Waals surface area contributed by atoms with Gasteiger partial charge in [0, 0.05) is 18.3 Å². The van der Waals surface area contributed by atoms with E-state index in [-0.39, 0.29) is 0 Å². The van der Waals surface area contributed by atoms with Gasteiger partial charge in [0.1, 0.15) is 6.10 Å². The molecule has 18 heavy (non-hydrogen) atoms. The van der Waals surface area contributed by atoms with Crippen molar-refractivity contribution < 1.29 is 5.11 Å². The highest BCUT2D eigenvalue weighted by molar-refractivity contribution is 6.42. The van der Waals surface area contributed by atoms with Gasteiger partial charge in [0.25, 0.3) is 0 Å². The Bertz CT molecular complexity index is 540. The lowest BCUT2D eigenvalue weighted by atomic mass is 10.1. The third-order valence-corrected chi connectivity index (χ3v) is 3.42. The molecule has 0 fully saturated rings. The smallest absolute Gasteiger partial charge is 0.107 e. The second kappa shape index (κ2) is 5.74. The van der Waals surface area contributed by atoms with E-state index in [1.54, 1.807) is 24.4 Å². The van der Waals surface area contributed by atoms with Crippen molar-refractivity contribution in [3.8, 4) is 0 Å². The van der Waals surface area contributed by atoms with Crippen LogP contribution in [0.15, 0.2) is 30.6 Å². The van der Waals surface area contributed by atoms with E-state index in [2.05, 4.69) is 12.0 Å². The molecule has 3 nitrogen and oxygen atoms in total. The van der Waals surface area contributed by atoms with Crippen LogP contribution >= 0.6 is 23.2 Å². The first-order valence-corrected chi connectivity index (χ1v) is 6.52. The first kappa shape index (κ1) is 13.4. The summed E-state index contributed by atoms with van der Waals surface area (Å²) in [5, 5.41) is 15.3. The Morgan fingerprint density at radius 3 is 2.72 bits per heavy atom. The highest BCUT2D eigenvalue weighted by Crippen LogP contribution is 2.28. The van der Waals surface area contributed by atoms with Gasteiger partial charge in [0.05, 0.1) is 16.2 Å². The van der Waals surface area contributed by atoms with Gasteiger partial charge in [-0.25, -0.2) is 0 Å². The highest BCUT2D eigenvalue weighted by atomic mass is 35.5. The Labute approximate surface area is 116 Å². The number of aryl methyl sites for hydroxylation is 1. The fraction of sp³-hybridized carbons (Fsp3) is 0.308. The molecule has 1 N–H and O–H groups in total. The second-order valence-electron chi connectivity index (χ2n) is 4.11. The molecule has 2 rings (SSSR count). The van der Waals surface area contributed by atoms with E-state index in [1.807, 2.05) is 10.9 Å². The molecule has 0 aliphatic heterocycles. The zero-order chi connectivity index (χ0) is 13.1. The summed E-state index contributed by atoms with van der Waals surface area (Å²) in [5.74, 6) is 0. The lowest BCUT2D eigenvalue weighted by Crippen LogP contribution is -1.99. The standard InChI is InChI=1S/C13H14Cl2N2O/c1-2-5-17-8-10(7-16-17)13(18)9-3-4-11(14)12(15)6-9/h3-4,6-8,13,18H,2,5H2,1H3. The second-order valence-corrected chi connectivity index (χ2v) is 4.93. The Morgan fingerprint density at radius 1 is 1.28 bits per heavy atom. The molecule has 0 radical (unpaired) electrons. The van der Waals surface area contributed by atoms with Crippen LogP contribution in [0.25, 0.3) is 0 Å². The number of hydrogen-bond donors (Lipinski definition) is 1. The van der Waals surface area contributed by atoms with Crippen LogP contribution in [0.5, 0.6) is 0 Å². The van der Waals surface area contributed by atoms with E-state index in [0.29, 0.717) is 15.6 Å². The predicted molar refractivity (Wildman–Crippen MR) is 73.0 cm³/mol. The minimum absolute atomic E-state index is 0.439. The van der Waals surface area contributed by atoms with E-state index in [9.17, 15) is 5.11 Å². The molecule has 5 heteroatoms. The van der Waals surface area contributed by atoms with Gasteiger partial charge in [-0.15, -0.1) is 0 Å². The lowest BCUT2D eigenvalue weighted by Gasteiger charge is -2.09. The Balaban J connectivity index is 2.23. The number of aliphatic hydroxyl groups excluding tert-OH is 1. The molecular weight excluding hydrogens is 271 g/mol. The topological polar surface area (TPSA) is 38.0 Å². The predicted octanol–water partition coefficient (Wildman–Crippen LogP) is 3.68. The van der Waals surface area contributed by atoms with Gasteiger partial charge in [-0.3, -0.25) is 4.68 Å². The summed E-state index contributed by atoms with van der Waals surface area (Å²) in [6.07, 6.45) is 3.79. The van der Waals surface area contributed by atoms with E-state index in [4.69, 9.17) is 23.2 Å². The van der Waals surface area contributed by atoms with Crippen molar-refractivity contribution in [3.63, 3.8) is 0 Å². The number of hydrogen-bond acceptors (Lipinski definition) is 2. The number of nitrogens with zero attached hydrogens (tertiary/aromatic N) is 2. The molecule has 0 bridgehead atoms. The van der Waals surface area contributed by atoms with Crippen molar-refractivity contribution in [1.29, 1.82) is 0 Å². The lowest BCUT2D eigenvalue weighted by molar-refractivity contribution is 0.220. The summed E-state index contributed by atoms with van der Waals surface area (Å²) in [6, 6.07) is 5.11. The number of rotatable bonds is 4. The van der Waals surface area contributed by atoms with E-state index in [1.165, 1.54) is 0 Å². The van der Waals surface area contributed by atoms with Crippen LogP contribution in [0.3, 0.4) is 0 Å². The van der Waals surface area contributed by atoms with Crippen LogP contribution in [0, 0.1) is 0 Å². The van der Waals surface area contributed by atoms with Gasteiger partial charge in [-0.05, 0) is 24.1 Å². The average Bonchev–Trinajstić information content (AvgIpc) is 2.81. The van der Waals surface area contributed by atoms with Crippen LogP contribution < -0.4 is 0 Å². The summed E-state index contributed by atoms with van der Waals surface area (Å²) < 4.78 is 1.82. The minimum Gasteiger partial charge on any atom is -0.384 e. The maximum absolute atomic E-state index is 10.2. The molecule has 1 heterocycles. The third-order valence-electron chi connectivity index (χ3n) is 2.68. The fourth-order valence-corrected chi connectivity index (χ4v) is 2.05. The van der Waals surface area contributed by atoms with Gasteiger partial charge >= 0.3 is 0 Å². The molecule has 0 saturated heterocycles. The first-order chi connectivity index (χ1) is 8.61. The van der Waals surface area contributed by atoms with Crippen LogP contribution in [-0.2, 0) is 6.54 Å². The molecular formula is C13H14Cl2N2O. The van der Waals surface area contributed by atoms with Crippen LogP contribution in [0.4, 0.5) is 0 Å². The summed E-state index contributed by atoms with van der Waals surface area (Å²) in [7, 11) is 0. The van der Waals surface area contributed by atoms with Crippen molar-refractivity contribution >= 4 is 23.2 Å². The van der Waals surface area contributed by atoms with Crippen molar-refractivity contribution in [1.82, 2.24) is 9.78 Å². The van der Waals surface area contributed by atoms with Crippen molar-refractivity contribution in [2.75, 3.05) is 0 Å². The summed E-state index contributed by atoms with van der Waals surface area (Å²) >= 11 is 11.8. The highest BCUT2D eigenvalue weighted by Gasteiger charge is 2.13. The molecule has 0 aliphatic rings. The number of aromatic nitrogens is 2. The molecule has 1 atom stereocenters. The van der Waals surface area contributed by atoms with Crippen LogP contribution in [-0.4, -0.2) is 14.9 Å². The minimum atomic E-state index is -0.731. The molecule has 0 saturated carbocycles. The molecule has 1 aromatic heterocycles. The van der Waals surface area contributed by atoms with E-state index in [0.717, 1.165) is 18.5 Å². The summed E-state index contributed by atoms with van der Waals surface area (Å²) in [5.41, 5.74) is 1.46. The van der Waals surface area contributed by atoms with Crippen LogP contribution in [0.1, 0.15) is 30.6 Å². The zero-order valence-corrected chi connectivity index (χ0v) is 11.5. The maximum Gasteiger partial charge on any atom is 0.107 e. The largest absolute Gasteiger partial charge is 0.384 e. The van der Waals surface area contributed by atoms with Gasteiger partial charge < -0.3 is 5.11 Å². The SMILES string of the molecule is CCCn1cc(C(O)c2ccc(Cl)c(Cl)c2)cn1. The number of aliphatic hydroxyl groups is 1. The zero-order valence-electron chi connectivity index (χ0n) is 9.98. The fourth-order valence-electron chi connectivity index (χ4n) is 1.75. The quantitative estimate of drug-likeness (QED) is 0.930. The van der Waals surface area contributed by atoms with Crippen molar-refractivity contribution in [2.24, 2.45) is 0 Å². The molecule has 1 aromatic carbocycles. The van der Waals surface area contributed by atoms with Gasteiger partial charge in [0.15, 0.2) is 0 Å². The van der Waals surface area contributed by atoms with E-state index >= 15 is 0 Å². The Kier molecular flexibility index (Phi) is 4.27. The number of halogens is 2. The van der Waals surface area contributed by atoms with Crippen LogP contribution in [0.2, 0.25) is 10.0 Å². The molecule has 0 amide bonds. The maximum atomic E-state index is 10.2. The first-order valence-electron chi connectivity index (χ1n) is 5.77. The molecule has 2 aromatic rings. The normalized spacial score (nSPS) is 12.7. The van der Waals surface area contributed by atoms with Crippen molar-refractivity contribution in [3.05, 3.63) is 51.8 Å². The summed E-state index contributed by atoms with van der Waals surface area (Å²) in [6.45, 7) is 2.92. The summed E-state index contributed by atoms with van der Waals surface area (Å²) in [4.78, 5) is 0. The van der Waals surface area contributed by atoms with Gasteiger partial charge in [-0.2, -0.15) is 5.10 Å². The average molecular weight is 285 g/mol. The van der Waals surface area contributed by atoms with Gasteiger partial charge in [-0.1, -0.05) is 36.2 Å². The molecule has 96 valence electrons. The number of benzene rings is 1. The molecule has 1 unspecified atom stereocenters. The van der Waals surface area contributed by atoms with Gasteiger partial charge in [0.2, 0.25) is 0 Å². The molecule has 0 spiro atoms. The monoisotopic (exact) mass is 284 g/mol.